The largest absolute Gasteiger partial charge is 0.399 e. The smallest absolute Gasteiger partial charge is 0.206 e. The van der Waals surface area contributed by atoms with Crippen LogP contribution in [0.25, 0.3) is 0 Å². The number of benzene rings is 2. The van der Waals surface area contributed by atoms with Crippen molar-refractivity contribution in [3.8, 4) is 0 Å². The van der Waals surface area contributed by atoms with Crippen LogP contribution in [-0.4, -0.2) is 8.42 Å². The number of sulfone groups is 1. The van der Waals surface area contributed by atoms with E-state index in [1.807, 2.05) is 0 Å². The number of nitrogen functional groups attached to an aromatic ring is 2. The van der Waals surface area contributed by atoms with Gasteiger partial charge in [-0.05, 0) is 42.5 Å². The van der Waals surface area contributed by atoms with Crippen LogP contribution in [0.1, 0.15) is 0 Å². The minimum Gasteiger partial charge on any atom is -0.399 e. The van der Waals surface area contributed by atoms with E-state index in [0.717, 1.165) is 0 Å². The molecule has 0 spiro atoms. The Hall–Kier alpha value is -1.72. The lowest BCUT2D eigenvalue weighted by Gasteiger charge is -2.06. The topological polar surface area (TPSA) is 86.2 Å². The van der Waals surface area contributed by atoms with Gasteiger partial charge in [-0.3, -0.25) is 0 Å². The molecule has 18 heavy (non-hydrogen) atoms. The van der Waals surface area contributed by atoms with Crippen molar-refractivity contribution >= 4 is 32.8 Å². The standard InChI is InChI=1S/C12H11ClN2O2S/c13-8-5-10(15)7-12(6-8)18(16,17)11-3-1-9(14)2-4-11/h1-7H,14-15H2. The van der Waals surface area contributed by atoms with Gasteiger partial charge in [0.05, 0.1) is 9.79 Å². The Morgan fingerprint density at radius 1 is 0.833 bits per heavy atom. The Kier molecular flexibility index (Phi) is 3.19. The molecule has 0 saturated heterocycles. The molecule has 0 aliphatic carbocycles. The zero-order chi connectivity index (χ0) is 13.3. The summed E-state index contributed by atoms with van der Waals surface area (Å²) in [5, 5.41) is 0.282. The van der Waals surface area contributed by atoms with Gasteiger partial charge in [-0.2, -0.15) is 0 Å². The monoisotopic (exact) mass is 282 g/mol. The molecule has 0 radical (unpaired) electrons. The molecule has 0 unspecified atom stereocenters. The maximum atomic E-state index is 12.3. The van der Waals surface area contributed by atoms with Crippen LogP contribution in [0.15, 0.2) is 52.3 Å². The first-order chi connectivity index (χ1) is 8.39. The summed E-state index contributed by atoms with van der Waals surface area (Å²) in [6, 6.07) is 10.2. The maximum absolute atomic E-state index is 12.3. The fourth-order valence-electron chi connectivity index (χ4n) is 1.52. The molecule has 0 heterocycles. The molecule has 4 N–H and O–H groups in total. The number of hydrogen-bond donors (Lipinski definition) is 2. The molecule has 94 valence electrons. The van der Waals surface area contributed by atoms with Crippen LogP contribution in [0, 0.1) is 0 Å². The molecule has 0 amide bonds. The van der Waals surface area contributed by atoms with E-state index in [-0.39, 0.29) is 14.8 Å². The van der Waals surface area contributed by atoms with Crippen molar-refractivity contribution in [1.82, 2.24) is 0 Å². The van der Waals surface area contributed by atoms with E-state index in [1.54, 1.807) is 0 Å². The van der Waals surface area contributed by atoms with Gasteiger partial charge in [0.1, 0.15) is 0 Å². The maximum Gasteiger partial charge on any atom is 0.206 e. The lowest BCUT2D eigenvalue weighted by atomic mass is 10.3. The highest BCUT2D eigenvalue weighted by molar-refractivity contribution is 7.91. The van der Waals surface area contributed by atoms with Crippen LogP contribution in [-0.2, 0) is 9.84 Å². The van der Waals surface area contributed by atoms with Crippen molar-refractivity contribution < 1.29 is 8.42 Å². The van der Waals surface area contributed by atoms with Gasteiger partial charge in [-0.25, -0.2) is 8.42 Å². The van der Waals surface area contributed by atoms with E-state index in [9.17, 15) is 8.42 Å². The zero-order valence-corrected chi connectivity index (χ0v) is 10.9. The molecule has 0 fully saturated rings. The minimum atomic E-state index is -3.62. The summed E-state index contributed by atoms with van der Waals surface area (Å²) in [6.07, 6.45) is 0. The Labute approximate surface area is 110 Å². The molecule has 2 aromatic carbocycles. The van der Waals surface area contributed by atoms with Crippen LogP contribution in [0.2, 0.25) is 5.02 Å². The average Bonchev–Trinajstić information content (AvgIpc) is 2.28. The van der Waals surface area contributed by atoms with Crippen LogP contribution in [0.3, 0.4) is 0 Å². The summed E-state index contributed by atoms with van der Waals surface area (Å²) in [7, 11) is -3.62. The number of rotatable bonds is 2. The van der Waals surface area contributed by atoms with Crippen molar-refractivity contribution in [3.63, 3.8) is 0 Å². The Morgan fingerprint density at radius 2 is 1.44 bits per heavy atom. The molecule has 0 bridgehead atoms. The summed E-state index contributed by atoms with van der Waals surface area (Å²) in [4.78, 5) is 0.218. The van der Waals surface area contributed by atoms with E-state index < -0.39 is 9.84 Å². The van der Waals surface area contributed by atoms with E-state index in [4.69, 9.17) is 23.1 Å². The molecule has 0 aliphatic heterocycles. The minimum absolute atomic E-state index is 0.0669. The second kappa shape index (κ2) is 4.51. The lowest BCUT2D eigenvalue weighted by molar-refractivity contribution is 0.596. The number of halogens is 1. The Balaban J connectivity index is 2.57. The Morgan fingerprint density at radius 3 is 2.00 bits per heavy atom. The van der Waals surface area contributed by atoms with E-state index in [2.05, 4.69) is 0 Å². The molecule has 0 saturated carbocycles. The van der Waals surface area contributed by atoms with Crippen LogP contribution in [0.4, 0.5) is 11.4 Å². The van der Waals surface area contributed by atoms with Crippen molar-refractivity contribution in [1.29, 1.82) is 0 Å². The van der Waals surface area contributed by atoms with E-state index >= 15 is 0 Å². The third-order valence-corrected chi connectivity index (χ3v) is 4.36. The molecule has 4 nitrogen and oxygen atoms in total. The third-order valence-electron chi connectivity index (χ3n) is 2.39. The summed E-state index contributed by atoms with van der Waals surface area (Å²) < 4.78 is 24.6. The summed E-state index contributed by atoms with van der Waals surface area (Å²) >= 11 is 5.80. The normalized spacial score (nSPS) is 11.4. The number of nitrogens with two attached hydrogens (primary N) is 2. The van der Waals surface area contributed by atoms with Gasteiger partial charge in [-0.15, -0.1) is 0 Å². The van der Waals surface area contributed by atoms with Gasteiger partial charge < -0.3 is 11.5 Å². The predicted molar refractivity (Wildman–Crippen MR) is 72.2 cm³/mol. The molecule has 2 rings (SSSR count). The lowest BCUT2D eigenvalue weighted by Crippen LogP contribution is -2.03. The quantitative estimate of drug-likeness (QED) is 0.828. The second-order valence-corrected chi connectivity index (χ2v) is 6.18. The summed E-state index contributed by atoms with van der Waals surface area (Å²) in [5.74, 6) is 0. The molecular weight excluding hydrogens is 272 g/mol. The van der Waals surface area contributed by atoms with Crippen LogP contribution in [0.5, 0.6) is 0 Å². The average molecular weight is 283 g/mol. The molecular formula is C12H11ClN2O2S. The van der Waals surface area contributed by atoms with Gasteiger partial charge in [0.2, 0.25) is 9.84 Å². The second-order valence-electron chi connectivity index (χ2n) is 3.79. The Bertz CT molecular complexity index is 661. The van der Waals surface area contributed by atoms with Gasteiger partial charge >= 0.3 is 0 Å². The first-order valence-electron chi connectivity index (χ1n) is 5.06. The summed E-state index contributed by atoms with van der Waals surface area (Å²) in [5.41, 5.74) is 11.9. The van der Waals surface area contributed by atoms with Gasteiger partial charge in [0, 0.05) is 16.4 Å². The number of anilines is 2. The van der Waals surface area contributed by atoms with Crippen LogP contribution >= 0.6 is 11.6 Å². The van der Waals surface area contributed by atoms with Crippen molar-refractivity contribution in [2.75, 3.05) is 11.5 Å². The molecule has 6 heteroatoms. The van der Waals surface area contributed by atoms with Crippen molar-refractivity contribution in [2.24, 2.45) is 0 Å². The van der Waals surface area contributed by atoms with Gasteiger partial charge in [0.25, 0.3) is 0 Å². The van der Waals surface area contributed by atoms with E-state index in [1.165, 1.54) is 42.5 Å². The van der Waals surface area contributed by atoms with Crippen LogP contribution < -0.4 is 11.5 Å². The number of hydrogen-bond acceptors (Lipinski definition) is 4. The highest BCUT2D eigenvalue weighted by atomic mass is 35.5. The van der Waals surface area contributed by atoms with E-state index in [0.29, 0.717) is 11.4 Å². The van der Waals surface area contributed by atoms with Gasteiger partial charge in [0.15, 0.2) is 0 Å². The molecule has 0 atom stereocenters. The fraction of sp³-hybridized carbons (Fsp3) is 0. The highest BCUT2D eigenvalue weighted by Crippen LogP contribution is 2.26. The van der Waals surface area contributed by atoms with Gasteiger partial charge in [-0.1, -0.05) is 11.6 Å². The highest BCUT2D eigenvalue weighted by Gasteiger charge is 2.18. The summed E-state index contributed by atoms with van der Waals surface area (Å²) in [6.45, 7) is 0. The molecule has 2 aromatic rings. The SMILES string of the molecule is Nc1ccc(S(=O)(=O)c2cc(N)cc(Cl)c2)cc1. The first-order valence-corrected chi connectivity index (χ1v) is 6.92. The molecule has 0 aromatic heterocycles. The fourth-order valence-corrected chi connectivity index (χ4v) is 3.17. The third kappa shape index (κ3) is 2.42. The van der Waals surface area contributed by atoms with Crippen molar-refractivity contribution in [2.45, 2.75) is 9.79 Å². The zero-order valence-electron chi connectivity index (χ0n) is 9.30. The first kappa shape index (κ1) is 12.7. The van der Waals surface area contributed by atoms with Crippen molar-refractivity contribution in [3.05, 3.63) is 47.5 Å². The molecule has 0 aliphatic rings. The predicted octanol–water partition coefficient (Wildman–Crippen LogP) is 2.34.